The molecule has 6 nitrogen and oxygen atoms in total. The Hall–Kier alpha value is -2.57. The van der Waals surface area contributed by atoms with Gasteiger partial charge in [0.2, 0.25) is 0 Å². The molecule has 4 N–H and O–H groups in total. The van der Waals surface area contributed by atoms with Gasteiger partial charge in [0.25, 0.3) is 0 Å². The molecular formula is C20H27N3O3. The zero-order chi connectivity index (χ0) is 18.9. The summed E-state index contributed by atoms with van der Waals surface area (Å²) >= 11 is 0. The SMILES string of the molecule is CN(C)c1cccc(CNC[C@H](O)[C@H](Cc2ccccc2)NC(=O)O)c1. The van der Waals surface area contributed by atoms with Gasteiger partial charge in [-0.05, 0) is 29.7 Å². The summed E-state index contributed by atoms with van der Waals surface area (Å²) in [6.07, 6.45) is -1.53. The van der Waals surface area contributed by atoms with Gasteiger partial charge in [0.15, 0.2) is 0 Å². The van der Waals surface area contributed by atoms with Crippen molar-refractivity contribution in [1.82, 2.24) is 10.6 Å². The molecule has 26 heavy (non-hydrogen) atoms. The number of carboxylic acid groups (broad SMARTS) is 1. The Kier molecular flexibility index (Phi) is 7.44. The largest absolute Gasteiger partial charge is 0.465 e. The summed E-state index contributed by atoms with van der Waals surface area (Å²) in [4.78, 5) is 13.1. The monoisotopic (exact) mass is 357 g/mol. The third-order valence-electron chi connectivity index (χ3n) is 4.18. The number of aliphatic hydroxyl groups excluding tert-OH is 1. The average molecular weight is 357 g/mol. The van der Waals surface area contributed by atoms with Crippen LogP contribution in [0.2, 0.25) is 0 Å². The molecule has 2 aromatic carbocycles. The second-order valence-corrected chi connectivity index (χ2v) is 6.51. The second kappa shape index (κ2) is 9.79. The molecule has 0 aliphatic carbocycles. The van der Waals surface area contributed by atoms with E-state index in [1.165, 1.54) is 0 Å². The summed E-state index contributed by atoms with van der Waals surface area (Å²) in [5, 5.41) is 25.1. The third kappa shape index (κ3) is 6.38. The standard InChI is InChI=1S/C20H27N3O3/c1-23(2)17-10-6-9-16(11-17)13-21-14-19(24)18(22-20(25)26)12-15-7-4-3-5-8-15/h3-11,18-19,21-22,24H,12-14H2,1-2H3,(H,25,26)/t18-,19-/m0/s1. The van der Waals surface area contributed by atoms with E-state index in [9.17, 15) is 9.90 Å². The van der Waals surface area contributed by atoms with Crippen LogP contribution in [-0.4, -0.2) is 49.1 Å². The number of carbonyl (C=O) groups is 1. The van der Waals surface area contributed by atoms with Gasteiger partial charge >= 0.3 is 6.09 Å². The van der Waals surface area contributed by atoms with Gasteiger partial charge in [-0.3, -0.25) is 0 Å². The van der Waals surface area contributed by atoms with Crippen LogP contribution in [0.4, 0.5) is 10.5 Å². The maximum atomic E-state index is 11.1. The first-order chi connectivity index (χ1) is 12.5. The van der Waals surface area contributed by atoms with Gasteiger partial charge in [0.05, 0.1) is 12.1 Å². The highest BCUT2D eigenvalue weighted by molar-refractivity contribution is 5.65. The molecular weight excluding hydrogens is 330 g/mol. The van der Waals surface area contributed by atoms with Crippen molar-refractivity contribution < 1.29 is 15.0 Å². The number of hydrogen-bond donors (Lipinski definition) is 4. The maximum Gasteiger partial charge on any atom is 0.404 e. The Labute approximate surface area is 154 Å². The maximum absolute atomic E-state index is 11.1. The molecule has 0 aliphatic rings. The fourth-order valence-corrected chi connectivity index (χ4v) is 2.76. The van der Waals surface area contributed by atoms with Crippen LogP contribution in [0.3, 0.4) is 0 Å². The van der Waals surface area contributed by atoms with Gasteiger partial charge in [-0.15, -0.1) is 0 Å². The molecule has 0 aliphatic heterocycles. The molecule has 0 radical (unpaired) electrons. The molecule has 0 aromatic heterocycles. The van der Waals surface area contributed by atoms with E-state index in [2.05, 4.69) is 16.7 Å². The van der Waals surface area contributed by atoms with Crippen molar-refractivity contribution in [3.63, 3.8) is 0 Å². The minimum Gasteiger partial charge on any atom is -0.465 e. The van der Waals surface area contributed by atoms with E-state index >= 15 is 0 Å². The van der Waals surface area contributed by atoms with E-state index in [0.29, 0.717) is 19.5 Å². The Bertz CT molecular complexity index is 692. The highest BCUT2D eigenvalue weighted by atomic mass is 16.4. The Morgan fingerprint density at radius 2 is 1.77 bits per heavy atom. The van der Waals surface area contributed by atoms with E-state index in [-0.39, 0.29) is 0 Å². The first-order valence-electron chi connectivity index (χ1n) is 8.64. The summed E-state index contributed by atoms with van der Waals surface area (Å²) in [5.74, 6) is 0. The topological polar surface area (TPSA) is 84.8 Å². The molecule has 140 valence electrons. The molecule has 0 spiro atoms. The van der Waals surface area contributed by atoms with Crippen LogP contribution in [-0.2, 0) is 13.0 Å². The smallest absolute Gasteiger partial charge is 0.404 e. The van der Waals surface area contributed by atoms with Crippen LogP contribution in [0, 0.1) is 0 Å². The van der Waals surface area contributed by atoms with Crippen LogP contribution in [0.15, 0.2) is 54.6 Å². The molecule has 2 rings (SSSR count). The van der Waals surface area contributed by atoms with E-state index < -0.39 is 18.2 Å². The van der Waals surface area contributed by atoms with Crippen LogP contribution >= 0.6 is 0 Å². The molecule has 0 unspecified atom stereocenters. The lowest BCUT2D eigenvalue weighted by Crippen LogP contribution is -2.48. The molecule has 2 atom stereocenters. The normalized spacial score (nSPS) is 13.0. The van der Waals surface area contributed by atoms with Crippen molar-refractivity contribution in [3.05, 3.63) is 65.7 Å². The number of aliphatic hydroxyl groups is 1. The molecule has 6 heteroatoms. The van der Waals surface area contributed by atoms with Crippen molar-refractivity contribution in [2.24, 2.45) is 0 Å². The lowest BCUT2D eigenvalue weighted by Gasteiger charge is -2.23. The number of hydrogen-bond acceptors (Lipinski definition) is 4. The third-order valence-corrected chi connectivity index (χ3v) is 4.18. The quantitative estimate of drug-likeness (QED) is 0.552. The Balaban J connectivity index is 1.91. The van der Waals surface area contributed by atoms with Crippen molar-refractivity contribution in [2.45, 2.75) is 25.1 Å². The lowest BCUT2D eigenvalue weighted by molar-refractivity contribution is 0.117. The molecule has 0 heterocycles. The Morgan fingerprint density at radius 3 is 2.42 bits per heavy atom. The Morgan fingerprint density at radius 1 is 1.08 bits per heavy atom. The van der Waals surface area contributed by atoms with Crippen molar-refractivity contribution in [3.8, 4) is 0 Å². The molecule has 0 fully saturated rings. The van der Waals surface area contributed by atoms with Crippen LogP contribution in [0.25, 0.3) is 0 Å². The van der Waals surface area contributed by atoms with Crippen LogP contribution in [0.1, 0.15) is 11.1 Å². The lowest BCUT2D eigenvalue weighted by atomic mass is 10.0. The molecule has 2 aromatic rings. The molecule has 0 saturated carbocycles. The van der Waals surface area contributed by atoms with E-state index in [1.54, 1.807) is 0 Å². The predicted molar refractivity (Wildman–Crippen MR) is 104 cm³/mol. The summed E-state index contributed by atoms with van der Waals surface area (Å²) < 4.78 is 0. The number of nitrogens with one attached hydrogen (secondary N) is 2. The highest BCUT2D eigenvalue weighted by Gasteiger charge is 2.21. The zero-order valence-electron chi connectivity index (χ0n) is 15.2. The van der Waals surface area contributed by atoms with Crippen molar-refractivity contribution in [1.29, 1.82) is 0 Å². The van der Waals surface area contributed by atoms with E-state index in [4.69, 9.17) is 5.11 Å². The van der Waals surface area contributed by atoms with E-state index in [1.807, 2.05) is 67.5 Å². The number of nitrogens with zero attached hydrogens (tertiary/aromatic N) is 1. The van der Waals surface area contributed by atoms with Gasteiger partial charge in [-0.2, -0.15) is 0 Å². The summed E-state index contributed by atoms with van der Waals surface area (Å²) in [7, 11) is 3.98. The summed E-state index contributed by atoms with van der Waals surface area (Å²) in [6.45, 7) is 0.897. The predicted octanol–water partition coefficient (Wildman–Crippen LogP) is 2.08. The molecule has 0 bridgehead atoms. The van der Waals surface area contributed by atoms with Gasteiger partial charge in [-0.25, -0.2) is 4.79 Å². The number of anilines is 1. The van der Waals surface area contributed by atoms with Gasteiger partial charge in [0.1, 0.15) is 0 Å². The van der Waals surface area contributed by atoms with Crippen LogP contribution < -0.4 is 15.5 Å². The highest BCUT2D eigenvalue weighted by Crippen LogP contribution is 2.13. The first-order valence-corrected chi connectivity index (χ1v) is 8.64. The fraction of sp³-hybridized carbons (Fsp3) is 0.350. The summed E-state index contributed by atoms with van der Waals surface area (Å²) in [6, 6.07) is 17.1. The minimum absolute atomic E-state index is 0.296. The van der Waals surface area contributed by atoms with E-state index in [0.717, 1.165) is 16.8 Å². The molecule has 0 saturated heterocycles. The van der Waals surface area contributed by atoms with Crippen LogP contribution in [0.5, 0.6) is 0 Å². The van der Waals surface area contributed by atoms with Gasteiger partial charge < -0.3 is 25.7 Å². The minimum atomic E-state index is -1.14. The van der Waals surface area contributed by atoms with Crippen molar-refractivity contribution >= 4 is 11.8 Å². The average Bonchev–Trinajstić information content (AvgIpc) is 2.62. The first kappa shape index (κ1) is 19.8. The number of amides is 1. The number of rotatable bonds is 9. The van der Waals surface area contributed by atoms with Gasteiger partial charge in [0, 0.05) is 32.9 Å². The zero-order valence-corrected chi connectivity index (χ0v) is 15.2. The number of benzene rings is 2. The molecule has 1 amide bonds. The summed E-state index contributed by atoms with van der Waals surface area (Å²) in [5.41, 5.74) is 3.19. The second-order valence-electron chi connectivity index (χ2n) is 6.51. The van der Waals surface area contributed by atoms with Gasteiger partial charge in [-0.1, -0.05) is 42.5 Å². The van der Waals surface area contributed by atoms with Crippen molar-refractivity contribution in [2.75, 3.05) is 25.5 Å². The fourth-order valence-electron chi connectivity index (χ4n) is 2.76.